The van der Waals surface area contributed by atoms with E-state index < -0.39 is 7.37 Å². The Balaban J connectivity index is 3.50. The van der Waals surface area contributed by atoms with Crippen LogP contribution < -0.4 is 0 Å². The van der Waals surface area contributed by atoms with Crippen LogP contribution in [0.15, 0.2) is 0 Å². The van der Waals surface area contributed by atoms with Crippen LogP contribution in [0.3, 0.4) is 0 Å². The Morgan fingerprint density at radius 2 is 1.11 bits per heavy atom. The van der Waals surface area contributed by atoms with E-state index in [9.17, 15) is 9.46 Å². The SMILES string of the molecule is CC(C)CCCCCP(=O)(O)CCCCCC(C)C. The van der Waals surface area contributed by atoms with Crippen molar-refractivity contribution in [3.63, 3.8) is 0 Å². The summed E-state index contributed by atoms with van der Waals surface area (Å²) in [6.45, 7) is 8.92. The quantitative estimate of drug-likeness (QED) is 0.370. The van der Waals surface area contributed by atoms with Gasteiger partial charge in [-0.3, -0.25) is 4.57 Å². The first-order chi connectivity index (χ1) is 8.83. The summed E-state index contributed by atoms with van der Waals surface area (Å²) in [4.78, 5) is 9.89. The fraction of sp³-hybridized carbons (Fsp3) is 1.00. The zero-order valence-electron chi connectivity index (χ0n) is 13.5. The van der Waals surface area contributed by atoms with E-state index in [2.05, 4.69) is 27.7 Å². The van der Waals surface area contributed by atoms with E-state index in [1.54, 1.807) is 0 Å². The summed E-state index contributed by atoms with van der Waals surface area (Å²) < 4.78 is 12.0. The van der Waals surface area contributed by atoms with E-state index in [0.717, 1.165) is 37.5 Å². The van der Waals surface area contributed by atoms with Crippen LogP contribution in [0.25, 0.3) is 0 Å². The normalized spacial score (nSPS) is 12.6. The van der Waals surface area contributed by atoms with Crippen LogP contribution in [0, 0.1) is 11.8 Å². The summed E-state index contributed by atoms with van der Waals surface area (Å²) in [5, 5.41) is 0. The average molecular weight is 290 g/mol. The topological polar surface area (TPSA) is 37.3 Å². The van der Waals surface area contributed by atoms with Gasteiger partial charge < -0.3 is 4.89 Å². The summed E-state index contributed by atoms with van der Waals surface area (Å²) in [5.41, 5.74) is 0. The summed E-state index contributed by atoms with van der Waals surface area (Å²) in [6.07, 6.45) is 10.0. The van der Waals surface area contributed by atoms with Crippen LogP contribution in [0.5, 0.6) is 0 Å². The largest absolute Gasteiger partial charge is 0.344 e. The molecule has 0 heterocycles. The molecular weight excluding hydrogens is 255 g/mol. The Morgan fingerprint density at radius 3 is 1.42 bits per heavy atom. The van der Waals surface area contributed by atoms with Crippen molar-refractivity contribution in [1.82, 2.24) is 0 Å². The minimum Gasteiger partial charge on any atom is -0.344 e. The molecule has 0 bridgehead atoms. The van der Waals surface area contributed by atoms with Crippen molar-refractivity contribution >= 4 is 7.37 Å². The molecule has 3 heteroatoms. The highest BCUT2D eigenvalue weighted by Gasteiger charge is 2.16. The van der Waals surface area contributed by atoms with Crippen molar-refractivity contribution in [2.24, 2.45) is 11.8 Å². The molecule has 1 N–H and O–H groups in total. The maximum absolute atomic E-state index is 12.0. The third-order valence-corrected chi connectivity index (χ3v) is 5.61. The molecule has 2 nitrogen and oxygen atoms in total. The van der Waals surface area contributed by atoms with Crippen molar-refractivity contribution in [1.29, 1.82) is 0 Å². The molecule has 19 heavy (non-hydrogen) atoms. The molecule has 0 rings (SSSR count). The lowest BCUT2D eigenvalue weighted by Crippen LogP contribution is -1.97. The first-order valence-corrected chi connectivity index (χ1v) is 10.2. The first-order valence-electron chi connectivity index (χ1n) is 8.14. The molecule has 0 aromatic rings. The molecule has 0 amide bonds. The highest BCUT2D eigenvalue weighted by molar-refractivity contribution is 7.57. The van der Waals surface area contributed by atoms with E-state index in [4.69, 9.17) is 0 Å². The molecule has 0 aliphatic rings. The summed E-state index contributed by atoms with van der Waals surface area (Å²) in [7, 11) is -2.82. The van der Waals surface area contributed by atoms with Crippen LogP contribution in [0.1, 0.15) is 79.1 Å². The molecule has 0 saturated carbocycles. The zero-order valence-corrected chi connectivity index (χ0v) is 14.4. The van der Waals surface area contributed by atoms with Gasteiger partial charge in [-0.05, 0) is 24.7 Å². The molecule has 0 fully saturated rings. The van der Waals surface area contributed by atoms with Gasteiger partial charge in [-0.15, -0.1) is 0 Å². The third-order valence-electron chi connectivity index (χ3n) is 3.58. The maximum Gasteiger partial charge on any atom is 0.200 e. The average Bonchev–Trinajstić information content (AvgIpc) is 2.27. The lowest BCUT2D eigenvalue weighted by molar-refractivity contribution is 0.466. The minimum absolute atomic E-state index is 0.537. The molecule has 0 spiro atoms. The fourth-order valence-corrected chi connectivity index (χ4v) is 3.95. The lowest BCUT2D eigenvalue weighted by atomic mass is 10.1. The second-order valence-electron chi connectivity index (χ2n) is 6.78. The van der Waals surface area contributed by atoms with Crippen LogP contribution in [0.4, 0.5) is 0 Å². The fourth-order valence-electron chi connectivity index (χ4n) is 2.29. The standard InChI is InChI=1S/C16H35O2P/c1-15(2)11-7-5-9-13-19(17,18)14-10-6-8-12-16(3)4/h15-16H,5-14H2,1-4H3,(H,17,18). The Labute approximate surface area is 120 Å². The molecule has 0 saturated heterocycles. The molecule has 116 valence electrons. The molecule has 0 aromatic carbocycles. The van der Waals surface area contributed by atoms with Crippen molar-refractivity contribution in [3.05, 3.63) is 0 Å². The highest BCUT2D eigenvalue weighted by Crippen LogP contribution is 2.42. The van der Waals surface area contributed by atoms with Crippen LogP contribution in [-0.4, -0.2) is 17.2 Å². The molecule has 0 aromatic heterocycles. The van der Waals surface area contributed by atoms with Crippen molar-refractivity contribution in [2.45, 2.75) is 79.1 Å². The number of unbranched alkanes of at least 4 members (excludes halogenated alkanes) is 4. The lowest BCUT2D eigenvalue weighted by Gasteiger charge is -2.12. The van der Waals surface area contributed by atoms with Gasteiger partial charge in [0.2, 0.25) is 7.37 Å². The molecule has 0 unspecified atom stereocenters. The van der Waals surface area contributed by atoms with Gasteiger partial charge in [-0.2, -0.15) is 0 Å². The van der Waals surface area contributed by atoms with Gasteiger partial charge in [0.1, 0.15) is 0 Å². The first kappa shape index (κ1) is 19.2. The Morgan fingerprint density at radius 1 is 0.737 bits per heavy atom. The van der Waals surface area contributed by atoms with Crippen LogP contribution in [0.2, 0.25) is 0 Å². The maximum atomic E-state index is 12.0. The summed E-state index contributed by atoms with van der Waals surface area (Å²) in [6, 6.07) is 0. The smallest absolute Gasteiger partial charge is 0.200 e. The van der Waals surface area contributed by atoms with Gasteiger partial charge in [-0.1, -0.05) is 66.2 Å². The van der Waals surface area contributed by atoms with E-state index in [1.165, 1.54) is 25.7 Å². The van der Waals surface area contributed by atoms with Gasteiger partial charge in [0.15, 0.2) is 0 Å². The third kappa shape index (κ3) is 14.4. The summed E-state index contributed by atoms with van der Waals surface area (Å²) in [5.74, 6) is 1.50. The van der Waals surface area contributed by atoms with Crippen LogP contribution in [-0.2, 0) is 4.57 Å². The van der Waals surface area contributed by atoms with Gasteiger partial charge in [-0.25, -0.2) is 0 Å². The van der Waals surface area contributed by atoms with Crippen molar-refractivity contribution < 1.29 is 9.46 Å². The predicted octanol–water partition coefficient (Wildman–Crippen LogP) is 5.69. The predicted molar refractivity (Wildman–Crippen MR) is 86.2 cm³/mol. The Hall–Kier alpha value is 0.190. The molecule has 0 aliphatic carbocycles. The second-order valence-corrected chi connectivity index (χ2v) is 9.37. The number of rotatable bonds is 12. The summed E-state index contributed by atoms with van der Waals surface area (Å²) >= 11 is 0. The minimum atomic E-state index is -2.82. The van der Waals surface area contributed by atoms with Gasteiger partial charge in [0.25, 0.3) is 0 Å². The van der Waals surface area contributed by atoms with Crippen molar-refractivity contribution in [3.8, 4) is 0 Å². The molecule has 0 atom stereocenters. The van der Waals surface area contributed by atoms with E-state index in [0.29, 0.717) is 12.3 Å². The number of hydrogen-bond donors (Lipinski definition) is 1. The van der Waals surface area contributed by atoms with Crippen LogP contribution >= 0.6 is 7.37 Å². The van der Waals surface area contributed by atoms with E-state index >= 15 is 0 Å². The van der Waals surface area contributed by atoms with Gasteiger partial charge in [0.05, 0.1) is 0 Å². The zero-order chi connectivity index (χ0) is 14.7. The molecule has 0 radical (unpaired) electrons. The van der Waals surface area contributed by atoms with Gasteiger partial charge >= 0.3 is 0 Å². The van der Waals surface area contributed by atoms with Crippen molar-refractivity contribution in [2.75, 3.05) is 12.3 Å². The number of hydrogen-bond acceptors (Lipinski definition) is 1. The highest BCUT2D eigenvalue weighted by atomic mass is 31.2. The van der Waals surface area contributed by atoms with Gasteiger partial charge in [0, 0.05) is 12.3 Å². The molecular formula is C16H35O2P. The Kier molecular flexibility index (Phi) is 11.0. The molecule has 0 aliphatic heterocycles. The van der Waals surface area contributed by atoms with E-state index in [-0.39, 0.29) is 0 Å². The Bertz CT molecular complexity index is 227. The van der Waals surface area contributed by atoms with E-state index in [1.807, 2.05) is 0 Å². The second kappa shape index (κ2) is 10.9. The monoisotopic (exact) mass is 290 g/mol.